The van der Waals surface area contributed by atoms with E-state index < -0.39 is 6.09 Å². The Morgan fingerprint density at radius 3 is 2.79 bits per heavy atom. The van der Waals surface area contributed by atoms with Crippen LogP contribution in [0.1, 0.15) is 23.2 Å². The summed E-state index contributed by atoms with van der Waals surface area (Å²) in [6.45, 7) is 1.31. The van der Waals surface area contributed by atoms with Gasteiger partial charge in [0, 0.05) is 36.8 Å². The lowest BCUT2D eigenvalue weighted by Crippen LogP contribution is -2.42. The van der Waals surface area contributed by atoms with Crippen molar-refractivity contribution in [3.63, 3.8) is 0 Å². The van der Waals surface area contributed by atoms with Gasteiger partial charge in [-0.1, -0.05) is 18.2 Å². The minimum absolute atomic E-state index is 0.0961. The first kappa shape index (κ1) is 18.2. The first-order chi connectivity index (χ1) is 13.6. The molecular formula is C20H22N4O4. The van der Waals surface area contributed by atoms with Crippen LogP contribution in [-0.2, 0) is 35.5 Å². The lowest BCUT2D eigenvalue weighted by molar-refractivity contribution is -0.119. The fourth-order valence-electron chi connectivity index (χ4n) is 3.84. The lowest BCUT2D eigenvalue weighted by atomic mass is 10.0. The maximum absolute atomic E-state index is 12.9. The molecule has 28 heavy (non-hydrogen) atoms. The maximum Gasteiger partial charge on any atom is 0.409 e. The van der Waals surface area contributed by atoms with E-state index in [9.17, 15) is 14.4 Å². The minimum atomic E-state index is -0.422. The Kier molecular flexibility index (Phi) is 4.85. The van der Waals surface area contributed by atoms with Crippen LogP contribution in [0.5, 0.6) is 0 Å². The average molecular weight is 382 g/mol. The SMILES string of the molecule is COC(=O)N1CCc2nn(CC(=O)N3CCCc4ccccc43)c(=O)cc2C1. The number of carbonyl (C=O) groups is 2. The molecule has 0 atom stereocenters. The molecule has 0 N–H and O–H groups in total. The van der Waals surface area contributed by atoms with Crippen molar-refractivity contribution in [1.29, 1.82) is 0 Å². The summed E-state index contributed by atoms with van der Waals surface area (Å²) in [6.07, 6.45) is 1.95. The third kappa shape index (κ3) is 3.37. The van der Waals surface area contributed by atoms with Crippen molar-refractivity contribution < 1.29 is 14.3 Å². The molecule has 146 valence electrons. The number of ether oxygens (including phenoxy) is 1. The summed E-state index contributed by atoms with van der Waals surface area (Å²) < 4.78 is 5.97. The molecule has 8 heteroatoms. The van der Waals surface area contributed by atoms with E-state index in [4.69, 9.17) is 4.74 Å². The Morgan fingerprint density at radius 1 is 1.14 bits per heavy atom. The van der Waals surface area contributed by atoms with Crippen molar-refractivity contribution in [2.45, 2.75) is 32.4 Å². The molecule has 0 bridgehead atoms. The zero-order valence-corrected chi connectivity index (χ0v) is 15.8. The predicted octanol–water partition coefficient (Wildman–Crippen LogP) is 1.35. The Hall–Kier alpha value is -3.16. The number of nitrogens with zero attached hydrogens (tertiary/aromatic N) is 4. The third-order valence-electron chi connectivity index (χ3n) is 5.27. The highest BCUT2D eigenvalue weighted by Crippen LogP contribution is 2.26. The number of rotatable bonds is 2. The van der Waals surface area contributed by atoms with Crippen LogP contribution in [0.3, 0.4) is 0 Å². The van der Waals surface area contributed by atoms with Gasteiger partial charge in [-0.2, -0.15) is 5.10 Å². The van der Waals surface area contributed by atoms with Gasteiger partial charge in [0.05, 0.1) is 19.3 Å². The fraction of sp³-hybridized carbons (Fsp3) is 0.400. The summed E-state index contributed by atoms with van der Waals surface area (Å²) in [7, 11) is 1.33. The van der Waals surface area contributed by atoms with Crippen LogP contribution in [-0.4, -0.2) is 46.9 Å². The van der Waals surface area contributed by atoms with Gasteiger partial charge < -0.3 is 14.5 Å². The van der Waals surface area contributed by atoms with Crippen molar-refractivity contribution >= 4 is 17.7 Å². The van der Waals surface area contributed by atoms with E-state index in [1.807, 2.05) is 24.3 Å². The van der Waals surface area contributed by atoms with E-state index in [1.54, 1.807) is 4.90 Å². The summed E-state index contributed by atoms with van der Waals surface area (Å²) >= 11 is 0. The molecule has 2 amide bonds. The molecule has 0 unspecified atom stereocenters. The van der Waals surface area contributed by atoms with Crippen molar-refractivity contribution in [2.24, 2.45) is 0 Å². The largest absolute Gasteiger partial charge is 0.453 e. The maximum atomic E-state index is 12.9. The van der Waals surface area contributed by atoms with Gasteiger partial charge in [0.25, 0.3) is 5.56 Å². The molecule has 3 heterocycles. The van der Waals surface area contributed by atoms with E-state index in [-0.39, 0.29) is 18.0 Å². The topological polar surface area (TPSA) is 84.7 Å². The van der Waals surface area contributed by atoms with Crippen molar-refractivity contribution in [1.82, 2.24) is 14.7 Å². The molecule has 0 saturated heterocycles. The monoisotopic (exact) mass is 382 g/mol. The van der Waals surface area contributed by atoms with Crippen LogP contribution >= 0.6 is 0 Å². The Morgan fingerprint density at radius 2 is 1.96 bits per heavy atom. The van der Waals surface area contributed by atoms with Crippen LogP contribution < -0.4 is 10.5 Å². The molecule has 1 aromatic heterocycles. The Balaban J connectivity index is 1.55. The van der Waals surface area contributed by atoms with Gasteiger partial charge in [-0.3, -0.25) is 9.59 Å². The fourth-order valence-corrected chi connectivity index (χ4v) is 3.84. The van der Waals surface area contributed by atoms with Gasteiger partial charge in [0.15, 0.2) is 0 Å². The van der Waals surface area contributed by atoms with E-state index >= 15 is 0 Å². The average Bonchev–Trinajstić information content (AvgIpc) is 2.72. The number of carbonyl (C=O) groups excluding carboxylic acids is 2. The first-order valence-corrected chi connectivity index (χ1v) is 9.38. The lowest BCUT2D eigenvalue weighted by Gasteiger charge is -2.30. The number of methoxy groups -OCH3 is 1. The molecule has 0 saturated carbocycles. The molecule has 0 spiro atoms. The number of fused-ring (bicyclic) bond motifs is 2. The van der Waals surface area contributed by atoms with Gasteiger partial charge in [-0.15, -0.1) is 0 Å². The third-order valence-corrected chi connectivity index (χ3v) is 5.27. The minimum Gasteiger partial charge on any atom is -0.453 e. The summed E-state index contributed by atoms with van der Waals surface area (Å²) in [5.41, 5.74) is 3.17. The second kappa shape index (κ2) is 7.46. The number of anilines is 1. The van der Waals surface area contributed by atoms with E-state index in [0.29, 0.717) is 31.6 Å². The Labute approximate surface area is 162 Å². The molecule has 1 aromatic carbocycles. The summed E-state index contributed by atoms with van der Waals surface area (Å²) in [5, 5.41) is 4.40. The summed E-state index contributed by atoms with van der Waals surface area (Å²) in [6, 6.07) is 9.33. The molecule has 2 aliphatic heterocycles. The van der Waals surface area contributed by atoms with E-state index in [1.165, 1.54) is 22.8 Å². The van der Waals surface area contributed by atoms with Gasteiger partial charge >= 0.3 is 6.09 Å². The Bertz CT molecular complexity index is 984. The standard InChI is InChI=1S/C20H22N4O4/c1-28-20(27)22-10-8-16-15(12-22)11-18(25)24(21-16)13-19(26)23-9-4-6-14-5-2-3-7-17(14)23/h2-3,5,7,11H,4,6,8-10,12-13H2,1H3. The smallest absolute Gasteiger partial charge is 0.409 e. The number of aryl methyl sites for hydroxylation is 1. The predicted molar refractivity (Wildman–Crippen MR) is 102 cm³/mol. The normalized spacial score (nSPS) is 15.6. The molecular weight excluding hydrogens is 360 g/mol. The zero-order chi connectivity index (χ0) is 19.7. The number of hydrogen-bond acceptors (Lipinski definition) is 5. The zero-order valence-electron chi connectivity index (χ0n) is 15.8. The summed E-state index contributed by atoms with van der Waals surface area (Å²) in [5.74, 6) is -0.145. The second-order valence-electron chi connectivity index (χ2n) is 7.03. The van der Waals surface area contributed by atoms with E-state index in [0.717, 1.165) is 29.8 Å². The molecule has 8 nitrogen and oxygen atoms in total. The summed E-state index contributed by atoms with van der Waals surface area (Å²) in [4.78, 5) is 40.4. The van der Waals surface area contributed by atoms with Gasteiger partial charge in [-0.05, 0) is 24.5 Å². The van der Waals surface area contributed by atoms with Crippen LogP contribution in [0.25, 0.3) is 0 Å². The quantitative estimate of drug-likeness (QED) is 0.783. The highest BCUT2D eigenvalue weighted by atomic mass is 16.5. The number of amides is 2. The van der Waals surface area contributed by atoms with Crippen LogP contribution in [0.2, 0.25) is 0 Å². The van der Waals surface area contributed by atoms with E-state index in [2.05, 4.69) is 5.10 Å². The van der Waals surface area contributed by atoms with Crippen LogP contribution in [0.4, 0.5) is 10.5 Å². The van der Waals surface area contributed by atoms with Gasteiger partial charge in [-0.25, -0.2) is 9.48 Å². The highest BCUT2D eigenvalue weighted by Gasteiger charge is 2.26. The van der Waals surface area contributed by atoms with Crippen molar-refractivity contribution in [3.8, 4) is 0 Å². The number of para-hydroxylation sites is 1. The molecule has 0 fully saturated rings. The van der Waals surface area contributed by atoms with Crippen molar-refractivity contribution in [2.75, 3.05) is 25.1 Å². The molecule has 0 aliphatic carbocycles. The molecule has 0 radical (unpaired) electrons. The number of benzene rings is 1. The first-order valence-electron chi connectivity index (χ1n) is 9.38. The molecule has 2 aromatic rings. The van der Waals surface area contributed by atoms with Crippen LogP contribution in [0.15, 0.2) is 35.1 Å². The number of hydrogen-bond donors (Lipinski definition) is 0. The molecule has 4 rings (SSSR count). The number of aromatic nitrogens is 2. The molecule has 2 aliphatic rings. The van der Waals surface area contributed by atoms with Gasteiger partial charge in [0.1, 0.15) is 6.54 Å². The van der Waals surface area contributed by atoms with Gasteiger partial charge in [0.2, 0.25) is 5.91 Å². The second-order valence-corrected chi connectivity index (χ2v) is 7.03. The van der Waals surface area contributed by atoms with Crippen molar-refractivity contribution in [3.05, 3.63) is 57.5 Å². The van der Waals surface area contributed by atoms with Crippen LogP contribution in [0, 0.1) is 0 Å². The highest BCUT2D eigenvalue weighted by molar-refractivity contribution is 5.94.